The highest BCUT2D eigenvalue weighted by Crippen LogP contribution is 2.72. The summed E-state index contributed by atoms with van der Waals surface area (Å²) in [5.41, 5.74) is 3.51. The summed E-state index contributed by atoms with van der Waals surface area (Å²) in [5, 5.41) is 0. The molecule has 0 aliphatic heterocycles. The Hall–Kier alpha value is -0.260. The lowest BCUT2D eigenvalue weighted by molar-refractivity contribution is -0.144. The molecular weight excluding hydrogens is 240 g/mol. The number of fused-ring (bicyclic) bond motifs is 3. The molecule has 0 N–H and O–H groups in total. The highest BCUT2D eigenvalue weighted by Gasteiger charge is 2.62. The van der Waals surface area contributed by atoms with Crippen LogP contribution in [0.25, 0.3) is 0 Å². The normalized spacial score (nSPS) is 53.4. The zero-order valence-corrected chi connectivity index (χ0v) is 13.8. The minimum atomic E-state index is 0.584. The van der Waals surface area contributed by atoms with Crippen LogP contribution in [0.4, 0.5) is 0 Å². The van der Waals surface area contributed by atoms with Gasteiger partial charge < -0.3 is 0 Å². The number of hydrogen-bond donors (Lipinski definition) is 0. The van der Waals surface area contributed by atoms with Crippen molar-refractivity contribution in [1.29, 1.82) is 0 Å². The second-order valence-corrected chi connectivity index (χ2v) is 9.67. The maximum absolute atomic E-state index is 4.44. The summed E-state index contributed by atoms with van der Waals surface area (Å²) < 4.78 is 0. The SMILES string of the molecule is C=C1C[C@]23CCC4C(C)(C)CCC[C@]4(C)C2CCC1C3. The van der Waals surface area contributed by atoms with E-state index in [1.54, 1.807) is 5.57 Å². The van der Waals surface area contributed by atoms with Crippen molar-refractivity contribution in [3.63, 3.8) is 0 Å². The highest BCUT2D eigenvalue weighted by molar-refractivity contribution is 5.22. The zero-order valence-electron chi connectivity index (χ0n) is 13.8. The van der Waals surface area contributed by atoms with Gasteiger partial charge in [-0.05, 0) is 85.4 Å². The van der Waals surface area contributed by atoms with Crippen LogP contribution in [0.1, 0.15) is 78.6 Å². The topological polar surface area (TPSA) is 0 Å². The van der Waals surface area contributed by atoms with Crippen LogP contribution in [0, 0.1) is 34.0 Å². The van der Waals surface area contributed by atoms with Gasteiger partial charge in [-0.15, -0.1) is 0 Å². The van der Waals surface area contributed by atoms with Gasteiger partial charge in [0.05, 0.1) is 0 Å². The first-order valence-corrected chi connectivity index (χ1v) is 9.05. The molecule has 0 aromatic carbocycles. The second-order valence-electron chi connectivity index (χ2n) is 9.67. The van der Waals surface area contributed by atoms with Crippen LogP contribution in [0.3, 0.4) is 0 Å². The van der Waals surface area contributed by atoms with Gasteiger partial charge in [0, 0.05) is 0 Å². The summed E-state index contributed by atoms with van der Waals surface area (Å²) in [4.78, 5) is 0. The maximum Gasteiger partial charge on any atom is -0.0200 e. The summed E-state index contributed by atoms with van der Waals surface area (Å²) in [6.07, 6.45) is 13.3. The van der Waals surface area contributed by atoms with Gasteiger partial charge in [0.1, 0.15) is 0 Å². The van der Waals surface area contributed by atoms with Crippen LogP contribution in [-0.2, 0) is 0 Å². The van der Waals surface area contributed by atoms with E-state index in [2.05, 4.69) is 27.4 Å². The van der Waals surface area contributed by atoms with Gasteiger partial charge in [0.15, 0.2) is 0 Å². The summed E-state index contributed by atoms with van der Waals surface area (Å²) in [5.74, 6) is 2.87. The largest absolute Gasteiger partial charge is 0.0996 e. The van der Waals surface area contributed by atoms with Crippen molar-refractivity contribution < 1.29 is 0 Å². The Kier molecular flexibility index (Phi) is 2.63. The van der Waals surface area contributed by atoms with E-state index in [-0.39, 0.29) is 0 Å². The first kappa shape index (κ1) is 13.4. The average Bonchev–Trinajstić information content (AvgIpc) is 2.58. The molecule has 0 heteroatoms. The molecule has 0 heterocycles. The molecular formula is C20H32. The van der Waals surface area contributed by atoms with Gasteiger partial charge in [0.2, 0.25) is 0 Å². The van der Waals surface area contributed by atoms with E-state index < -0.39 is 0 Å². The van der Waals surface area contributed by atoms with E-state index in [0.29, 0.717) is 16.2 Å². The minimum Gasteiger partial charge on any atom is -0.0996 e. The minimum absolute atomic E-state index is 0.584. The third kappa shape index (κ3) is 1.54. The quantitative estimate of drug-likeness (QED) is 0.476. The molecule has 20 heavy (non-hydrogen) atoms. The lowest BCUT2D eigenvalue weighted by atomic mass is 9.41. The smallest absolute Gasteiger partial charge is 0.0200 e. The molecule has 0 aromatic rings. The third-order valence-electron chi connectivity index (χ3n) is 8.36. The molecule has 4 fully saturated rings. The van der Waals surface area contributed by atoms with Crippen molar-refractivity contribution >= 4 is 0 Å². The molecule has 112 valence electrons. The van der Waals surface area contributed by atoms with Crippen LogP contribution in [0.2, 0.25) is 0 Å². The van der Waals surface area contributed by atoms with E-state index in [9.17, 15) is 0 Å². The van der Waals surface area contributed by atoms with Crippen molar-refractivity contribution in [3.05, 3.63) is 12.2 Å². The average molecular weight is 272 g/mol. The Bertz CT molecular complexity index is 445. The number of rotatable bonds is 0. The molecule has 0 radical (unpaired) electrons. The van der Waals surface area contributed by atoms with Gasteiger partial charge in [-0.3, -0.25) is 0 Å². The molecule has 2 bridgehead atoms. The lowest BCUT2D eigenvalue weighted by Gasteiger charge is -2.64. The Morgan fingerprint density at radius 1 is 0.950 bits per heavy atom. The van der Waals surface area contributed by atoms with E-state index in [1.807, 2.05) is 0 Å². The molecule has 0 aromatic heterocycles. The first-order valence-electron chi connectivity index (χ1n) is 9.05. The Morgan fingerprint density at radius 2 is 1.75 bits per heavy atom. The zero-order chi connectivity index (χ0) is 14.2. The van der Waals surface area contributed by atoms with Crippen molar-refractivity contribution in [3.8, 4) is 0 Å². The van der Waals surface area contributed by atoms with E-state index in [1.165, 1.54) is 57.8 Å². The Labute approximate surface area is 125 Å². The molecule has 3 unspecified atom stereocenters. The van der Waals surface area contributed by atoms with E-state index in [0.717, 1.165) is 17.8 Å². The van der Waals surface area contributed by atoms with Crippen LogP contribution in [0.15, 0.2) is 12.2 Å². The van der Waals surface area contributed by atoms with Crippen molar-refractivity contribution in [2.75, 3.05) is 0 Å². The fourth-order valence-corrected chi connectivity index (χ4v) is 7.68. The standard InChI is InChI=1S/C20H32/c1-14-12-20-11-8-16-18(2,3)9-5-10-19(16,4)17(20)7-6-15(14)13-20/h15-17H,1,5-13H2,2-4H3/t15?,16?,17?,19-,20-/m0/s1. The maximum atomic E-state index is 4.44. The highest BCUT2D eigenvalue weighted by atomic mass is 14.7. The summed E-state index contributed by atoms with van der Waals surface area (Å²) in [7, 11) is 0. The molecule has 0 nitrogen and oxygen atoms in total. The van der Waals surface area contributed by atoms with E-state index in [4.69, 9.17) is 0 Å². The monoisotopic (exact) mass is 272 g/mol. The van der Waals surface area contributed by atoms with Crippen molar-refractivity contribution in [1.82, 2.24) is 0 Å². The van der Waals surface area contributed by atoms with Crippen LogP contribution < -0.4 is 0 Å². The Morgan fingerprint density at radius 3 is 2.55 bits per heavy atom. The third-order valence-corrected chi connectivity index (χ3v) is 8.36. The molecule has 1 spiro atoms. The summed E-state index contributed by atoms with van der Waals surface area (Å²) in [6.45, 7) is 12.2. The van der Waals surface area contributed by atoms with Crippen molar-refractivity contribution in [2.45, 2.75) is 78.6 Å². The predicted octanol–water partition coefficient (Wildman–Crippen LogP) is 5.98. The second kappa shape index (κ2) is 3.93. The van der Waals surface area contributed by atoms with Gasteiger partial charge in [-0.25, -0.2) is 0 Å². The number of hydrogen-bond acceptors (Lipinski definition) is 0. The van der Waals surface area contributed by atoms with Gasteiger partial charge in [0.25, 0.3) is 0 Å². The first-order chi connectivity index (χ1) is 9.37. The number of allylic oxidation sites excluding steroid dienone is 1. The van der Waals surface area contributed by atoms with Gasteiger partial charge in [-0.1, -0.05) is 39.3 Å². The lowest BCUT2D eigenvalue weighted by Crippen LogP contribution is -2.55. The molecule has 0 saturated heterocycles. The fraction of sp³-hybridized carbons (Fsp3) is 0.900. The molecule has 4 rings (SSSR count). The molecule has 4 aliphatic carbocycles. The van der Waals surface area contributed by atoms with Gasteiger partial charge >= 0.3 is 0 Å². The van der Waals surface area contributed by atoms with E-state index >= 15 is 0 Å². The predicted molar refractivity (Wildman–Crippen MR) is 85.5 cm³/mol. The van der Waals surface area contributed by atoms with Crippen LogP contribution in [0.5, 0.6) is 0 Å². The fourth-order valence-electron chi connectivity index (χ4n) is 7.68. The molecule has 4 saturated carbocycles. The van der Waals surface area contributed by atoms with Crippen molar-refractivity contribution in [2.24, 2.45) is 34.0 Å². The Balaban J connectivity index is 1.74. The molecule has 5 atom stereocenters. The van der Waals surface area contributed by atoms with Gasteiger partial charge in [-0.2, -0.15) is 0 Å². The van der Waals surface area contributed by atoms with Crippen LogP contribution in [-0.4, -0.2) is 0 Å². The molecule has 4 aliphatic rings. The summed E-state index contributed by atoms with van der Waals surface area (Å²) >= 11 is 0. The van der Waals surface area contributed by atoms with Crippen LogP contribution >= 0.6 is 0 Å². The summed E-state index contributed by atoms with van der Waals surface area (Å²) in [6, 6.07) is 0. The molecule has 0 amide bonds.